The van der Waals surface area contributed by atoms with Crippen LogP contribution in [0, 0.1) is 5.82 Å². The Balaban J connectivity index is 1.49. The largest absolute Gasteiger partial charge is 0.486 e. The van der Waals surface area contributed by atoms with Crippen LogP contribution in [0.25, 0.3) is 10.9 Å². The van der Waals surface area contributed by atoms with Crippen molar-refractivity contribution in [3.8, 4) is 5.75 Å². The molecule has 0 spiro atoms. The predicted molar refractivity (Wildman–Crippen MR) is 130 cm³/mol. The van der Waals surface area contributed by atoms with E-state index >= 15 is 0 Å². The van der Waals surface area contributed by atoms with Crippen LogP contribution in [0.4, 0.5) is 26.4 Å². The van der Waals surface area contributed by atoms with E-state index in [-0.39, 0.29) is 17.2 Å². The van der Waals surface area contributed by atoms with Crippen molar-refractivity contribution >= 4 is 45.8 Å². The molecule has 5 rings (SSSR count). The van der Waals surface area contributed by atoms with Gasteiger partial charge in [0.2, 0.25) is 0 Å². The van der Waals surface area contributed by atoms with E-state index in [0.29, 0.717) is 49.1 Å². The van der Waals surface area contributed by atoms with Crippen LogP contribution in [0.2, 0.25) is 5.02 Å². The Bertz CT molecular complexity index is 1240. The number of fused-ring (bicyclic) bond motifs is 1. The lowest BCUT2D eigenvalue weighted by Gasteiger charge is -2.32. The normalized spacial score (nSPS) is 20.1. The number of nitrogens with one attached hydrogen (secondary N) is 2. The zero-order valence-corrected chi connectivity index (χ0v) is 19.6. The van der Waals surface area contributed by atoms with Crippen molar-refractivity contribution in [1.29, 1.82) is 0 Å². The van der Waals surface area contributed by atoms with Crippen LogP contribution in [-0.4, -0.2) is 64.5 Å². The van der Waals surface area contributed by atoms with E-state index in [1.54, 1.807) is 6.07 Å². The highest BCUT2D eigenvalue weighted by atomic mass is 35.5. The molecule has 1 amide bonds. The first kappa shape index (κ1) is 23.4. The van der Waals surface area contributed by atoms with Crippen LogP contribution in [0.1, 0.15) is 19.3 Å². The fourth-order valence-electron chi connectivity index (χ4n) is 4.38. The molecule has 2 fully saturated rings. The highest BCUT2D eigenvalue weighted by molar-refractivity contribution is 6.31. The number of carbonyl (C=O) groups is 1. The van der Waals surface area contributed by atoms with E-state index in [1.807, 2.05) is 12.1 Å². The molecule has 0 saturated carbocycles. The van der Waals surface area contributed by atoms with Gasteiger partial charge in [0.25, 0.3) is 0 Å². The Morgan fingerprint density at radius 2 is 2.14 bits per heavy atom. The van der Waals surface area contributed by atoms with Gasteiger partial charge in [0.15, 0.2) is 0 Å². The summed E-state index contributed by atoms with van der Waals surface area (Å²) < 4.78 is 25.3. The summed E-state index contributed by atoms with van der Waals surface area (Å²) in [6, 6.07) is 8.02. The SMILES string of the molecule is O=C(O)N1CCCC(Nc2cc3c(Nc4ccc(F)c(Cl)c4)ncnc3cc2O[C@H]2CCOC2)C1. The number of anilines is 3. The van der Waals surface area contributed by atoms with Crippen molar-refractivity contribution in [2.75, 3.05) is 36.9 Å². The average molecular weight is 502 g/mol. The minimum atomic E-state index is -0.924. The van der Waals surface area contributed by atoms with E-state index < -0.39 is 11.9 Å². The molecule has 3 N–H and O–H groups in total. The van der Waals surface area contributed by atoms with Crippen LogP contribution < -0.4 is 15.4 Å². The number of likely N-dealkylation sites (tertiary alicyclic amines) is 1. The quantitative estimate of drug-likeness (QED) is 0.438. The number of carboxylic acid groups (broad SMARTS) is 1. The number of ether oxygens (including phenoxy) is 2. The molecule has 184 valence electrons. The molecule has 1 aromatic heterocycles. The Morgan fingerprint density at radius 1 is 1.26 bits per heavy atom. The van der Waals surface area contributed by atoms with Crippen LogP contribution in [0.15, 0.2) is 36.7 Å². The first-order chi connectivity index (χ1) is 17.0. The van der Waals surface area contributed by atoms with E-state index in [0.717, 1.165) is 30.3 Å². The molecule has 3 aromatic rings. The summed E-state index contributed by atoms with van der Waals surface area (Å²) in [5, 5.41) is 16.8. The maximum Gasteiger partial charge on any atom is 0.407 e. The van der Waals surface area contributed by atoms with Crippen molar-refractivity contribution in [3.05, 3.63) is 47.5 Å². The fourth-order valence-corrected chi connectivity index (χ4v) is 4.56. The van der Waals surface area contributed by atoms with E-state index in [2.05, 4.69) is 20.6 Å². The summed E-state index contributed by atoms with van der Waals surface area (Å²) in [7, 11) is 0. The lowest BCUT2D eigenvalue weighted by Crippen LogP contribution is -2.44. The average Bonchev–Trinajstić information content (AvgIpc) is 3.35. The highest BCUT2D eigenvalue weighted by Gasteiger charge is 2.25. The Kier molecular flexibility index (Phi) is 6.74. The van der Waals surface area contributed by atoms with Gasteiger partial charge in [0, 0.05) is 42.7 Å². The van der Waals surface area contributed by atoms with Crippen LogP contribution in [0.5, 0.6) is 5.75 Å². The first-order valence-corrected chi connectivity index (χ1v) is 11.8. The van der Waals surface area contributed by atoms with Gasteiger partial charge in [-0.1, -0.05) is 11.6 Å². The summed E-state index contributed by atoms with van der Waals surface area (Å²) in [4.78, 5) is 21.7. The van der Waals surface area contributed by atoms with Crippen molar-refractivity contribution < 1.29 is 23.8 Å². The molecule has 35 heavy (non-hydrogen) atoms. The number of hydrogen-bond acceptors (Lipinski definition) is 7. The molecule has 0 radical (unpaired) electrons. The molecule has 11 heteroatoms. The lowest BCUT2D eigenvalue weighted by atomic mass is 10.1. The third-order valence-corrected chi connectivity index (χ3v) is 6.44. The molecular formula is C24H25ClFN5O4. The number of rotatable bonds is 6. The Hall–Kier alpha value is -3.37. The van der Waals surface area contributed by atoms with Gasteiger partial charge < -0.3 is 30.1 Å². The van der Waals surface area contributed by atoms with E-state index in [9.17, 15) is 14.3 Å². The minimum Gasteiger partial charge on any atom is -0.486 e. The van der Waals surface area contributed by atoms with Gasteiger partial charge in [-0.3, -0.25) is 0 Å². The molecule has 0 aliphatic carbocycles. The second kappa shape index (κ2) is 10.1. The molecule has 2 saturated heterocycles. The molecule has 3 heterocycles. The molecule has 2 aliphatic heterocycles. The first-order valence-electron chi connectivity index (χ1n) is 11.5. The van der Waals surface area contributed by atoms with Gasteiger partial charge in [-0.05, 0) is 37.1 Å². The smallest absolute Gasteiger partial charge is 0.407 e. The number of hydrogen-bond donors (Lipinski definition) is 3. The van der Waals surface area contributed by atoms with Gasteiger partial charge in [-0.15, -0.1) is 0 Å². The highest BCUT2D eigenvalue weighted by Crippen LogP contribution is 2.36. The maximum absolute atomic E-state index is 13.6. The summed E-state index contributed by atoms with van der Waals surface area (Å²) in [5.41, 5.74) is 1.96. The van der Waals surface area contributed by atoms with Crippen LogP contribution in [-0.2, 0) is 4.74 Å². The molecule has 2 atom stereocenters. The molecule has 1 unspecified atom stereocenters. The standard InChI is InChI=1S/C24H25ClFN5O4/c25-18-8-14(3-4-19(18)26)30-23-17-9-21(29-15-2-1-6-31(11-15)24(32)33)22(10-20(17)27-13-28-23)35-16-5-7-34-12-16/h3-4,8-10,13,15-16,29H,1-2,5-7,11-12H2,(H,32,33)(H,27,28,30)/t15?,16-/m0/s1. The third kappa shape index (κ3) is 5.33. The number of nitrogens with zero attached hydrogens (tertiary/aromatic N) is 3. The predicted octanol–water partition coefficient (Wildman–Crippen LogP) is 4.89. The van der Waals surface area contributed by atoms with E-state index in [1.165, 1.54) is 23.4 Å². The number of benzene rings is 2. The molecule has 2 aliphatic rings. The number of amides is 1. The van der Waals surface area contributed by atoms with Gasteiger partial charge >= 0.3 is 6.09 Å². The fraction of sp³-hybridized carbons (Fsp3) is 0.375. The van der Waals surface area contributed by atoms with Crippen molar-refractivity contribution in [1.82, 2.24) is 14.9 Å². The Morgan fingerprint density at radius 3 is 2.91 bits per heavy atom. The number of aromatic nitrogens is 2. The monoisotopic (exact) mass is 501 g/mol. The summed E-state index contributed by atoms with van der Waals surface area (Å²) in [6.45, 7) is 2.06. The van der Waals surface area contributed by atoms with Gasteiger partial charge in [-0.2, -0.15) is 0 Å². The van der Waals surface area contributed by atoms with Gasteiger partial charge in [0.05, 0.1) is 29.4 Å². The summed E-state index contributed by atoms with van der Waals surface area (Å²) in [6.07, 6.45) is 2.83. The van der Waals surface area contributed by atoms with Gasteiger partial charge in [0.1, 0.15) is 29.8 Å². The van der Waals surface area contributed by atoms with Gasteiger partial charge in [-0.25, -0.2) is 19.2 Å². The summed E-state index contributed by atoms with van der Waals surface area (Å²) in [5.74, 6) is 0.638. The van der Waals surface area contributed by atoms with Crippen LogP contribution in [0.3, 0.4) is 0 Å². The van der Waals surface area contributed by atoms with Crippen molar-refractivity contribution in [3.63, 3.8) is 0 Å². The van der Waals surface area contributed by atoms with Crippen molar-refractivity contribution in [2.45, 2.75) is 31.4 Å². The lowest BCUT2D eigenvalue weighted by molar-refractivity contribution is 0.132. The molecular weight excluding hydrogens is 477 g/mol. The Labute approximate surface area is 206 Å². The summed E-state index contributed by atoms with van der Waals surface area (Å²) >= 11 is 5.94. The zero-order valence-electron chi connectivity index (χ0n) is 18.8. The number of piperidine rings is 1. The minimum absolute atomic E-state index is 0.00506. The topological polar surface area (TPSA) is 109 Å². The third-order valence-electron chi connectivity index (χ3n) is 6.15. The van der Waals surface area contributed by atoms with Crippen molar-refractivity contribution in [2.24, 2.45) is 0 Å². The number of halogens is 2. The molecule has 2 aromatic carbocycles. The zero-order chi connectivity index (χ0) is 24.4. The van der Waals surface area contributed by atoms with Crippen LogP contribution >= 0.6 is 11.6 Å². The second-order valence-corrected chi connectivity index (χ2v) is 9.06. The maximum atomic E-state index is 13.6. The van der Waals surface area contributed by atoms with E-state index in [4.69, 9.17) is 21.1 Å². The molecule has 9 nitrogen and oxygen atoms in total. The second-order valence-electron chi connectivity index (χ2n) is 8.66. The molecule has 0 bridgehead atoms.